The number of unbranched alkanes of at least 4 members (excludes halogenated alkanes) is 1. The van der Waals surface area contributed by atoms with E-state index in [0.717, 1.165) is 37.1 Å². The standard InChI is InChI=1S/C19H23N3O5/c1-2-3-8-20-10-13-4-5-15-14(9-13)11-21(18(15)25)16-6-7-17(24)22(19(16)26)27-12-23/h4-5,9,12,16,20H,2-3,6-8,10-11H2,1H3. The van der Waals surface area contributed by atoms with Gasteiger partial charge in [0.2, 0.25) is 0 Å². The van der Waals surface area contributed by atoms with E-state index in [9.17, 15) is 19.2 Å². The van der Waals surface area contributed by atoms with Crippen LogP contribution in [0.15, 0.2) is 18.2 Å². The number of hydrogen-bond acceptors (Lipinski definition) is 6. The van der Waals surface area contributed by atoms with Gasteiger partial charge in [0.25, 0.3) is 17.7 Å². The molecule has 144 valence electrons. The topological polar surface area (TPSA) is 96.0 Å². The fourth-order valence-corrected chi connectivity index (χ4v) is 3.48. The van der Waals surface area contributed by atoms with Crippen LogP contribution in [0.4, 0.5) is 0 Å². The Morgan fingerprint density at radius 3 is 2.85 bits per heavy atom. The van der Waals surface area contributed by atoms with E-state index in [2.05, 4.69) is 17.1 Å². The van der Waals surface area contributed by atoms with Crippen LogP contribution in [0, 0.1) is 0 Å². The fraction of sp³-hybridized carbons (Fsp3) is 0.474. The maximum atomic E-state index is 12.7. The molecule has 2 aliphatic heterocycles. The Hall–Kier alpha value is -2.74. The number of imide groups is 1. The third kappa shape index (κ3) is 3.85. The number of benzene rings is 1. The van der Waals surface area contributed by atoms with Crippen molar-refractivity contribution in [1.82, 2.24) is 15.3 Å². The highest BCUT2D eigenvalue weighted by Gasteiger charge is 2.43. The van der Waals surface area contributed by atoms with Gasteiger partial charge in [-0.05, 0) is 36.6 Å². The monoisotopic (exact) mass is 373 g/mol. The number of fused-ring (bicyclic) bond motifs is 1. The smallest absolute Gasteiger partial charge is 0.321 e. The van der Waals surface area contributed by atoms with E-state index in [4.69, 9.17) is 0 Å². The molecule has 0 aliphatic carbocycles. The zero-order chi connectivity index (χ0) is 19.4. The van der Waals surface area contributed by atoms with Gasteiger partial charge in [-0.3, -0.25) is 19.2 Å². The molecule has 1 N–H and O–H groups in total. The van der Waals surface area contributed by atoms with E-state index in [0.29, 0.717) is 17.2 Å². The summed E-state index contributed by atoms with van der Waals surface area (Å²) in [6.07, 6.45) is 2.50. The van der Waals surface area contributed by atoms with E-state index in [1.54, 1.807) is 6.07 Å². The quantitative estimate of drug-likeness (QED) is 0.417. The Kier molecular flexibility index (Phi) is 5.85. The van der Waals surface area contributed by atoms with Gasteiger partial charge >= 0.3 is 6.47 Å². The Morgan fingerprint density at radius 2 is 2.11 bits per heavy atom. The molecule has 0 saturated carbocycles. The lowest BCUT2D eigenvalue weighted by atomic mass is 10.0. The highest BCUT2D eigenvalue weighted by molar-refractivity contribution is 6.05. The molecule has 0 bridgehead atoms. The number of hydroxylamine groups is 2. The molecule has 1 fully saturated rings. The molecular weight excluding hydrogens is 350 g/mol. The van der Waals surface area contributed by atoms with Crippen molar-refractivity contribution >= 4 is 24.2 Å². The molecule has 1 aromatic rings. The van der Waals surface area contributed by atoms with Crippen molar-refractivity contribution in [3.8, 4) is 0 Å². The van der Waals surface area contributed by atoms with Crippen molar-refractivity contribution in [3.63, 3.8) is 0 Å². The van der Waals surface area contributed by atoms with Crippen LogP contribution in [-0.2, 0) is 32.3 Å². The minimum Gasteiger partial charge on any atom is -0.334 e. The van der Waals surface area contributed by atoms with Crippen LogP contribution in [-0.4, -0.2) is 46.7 Å². The second-order valence-electron chi connectivity index (χ2n) is 6.74. The van der Waals surface area contributed by atoms with Gasteiger partial charge < -0.3 is 15.1 Å². The molecule has 2 heterocycles. The lowest BCUT2D eigenvalue weighted by molar-refractivity contribution is -0.200. The molecular formula is C19H23N3O5. The summed E-state index contributed by atoms with van der Waals surface area (Å²) in [6, 6.07) is 4.86. The van der Waals surface area contributed by atoms with Gasteiger partial charge in [0.05, 0.1) is 0 Å². The summed E-state index contributed by atoms with van der Waals surface area (Å²) in [5, 5.41) is 3.82. The van der Waals surface area contributed by atoms with Gasteiger partial charge in [-0.2, -0.15) is 0 Å². The van der Waals surface area contributed by atoms with Gasteiger partial charge in [-0.1, -0.05) is 25.5 Å². The number of nitrogens with zero attached hydrogens (tertiary/aromatic N) is 2. The zero-order valence-corrected chi connectivity index (χ0v) is 15.3. The maximum absolute atomic E-state index is 12.7. The first-order chi connectivity index (χ1) is 13.1. The van der Waals surface area contributed by atoms with Crippen molar-refractivity contribution in [1.29, 1.82) is 0 Å². The number of carbonyl (C=O) groups is 4. The molecule has 27 heavy (non-hydrogen) atoms. The van der Waals surface area contributed by atoms with Gasteiger partial charge in [0.1, 0.15) is 6.04 Å². The van der Waals surface area contributed by atoms with Gasteiger partial charge in [-0.25, -0.2) is 0 Å². The third-order valence-electron chi connectivity index (χ3n) is 4.91. The normalized spacial score (nSPS) is 19.4. The summed E-state index contributed by atoms with van der Waals surface area (Å²) in [6.45, 7) is 4.14. The summed E-state index contributed by atoms with van der Waals surface area (Å²) < 4.78 is 0. The zero-order valence-electron chi connectivity index (χ0n) is 15.3. The molecule has 1 atom stereocenters. The maximum Gasteiger partial charge on any atom is 0.321 e. The summed E-state index contributed by atoms with van der Waals surface area (Å²) in [5.41, 5.74) is 2.51. The molecule has 1 saturated heterocycles. The van der Waals surface area contributed by atoms with Crippen LogP contribution in [0.25, 0.3) is 0 Å². The largest absolute Gasteiger partial charge is 0.334 e. The Morgan fingerprint density at radius 1 is 1.30 bits per heavy atom. The number of rotatable bonds is 8. The van der Waals surface area contributed by atoms with E-state index >= 15 is 0 Å². The summed E-state index contributed by atoms with van der Waals surface area (Å²) in [4.78, 5) is 53.5. The van der Waals surface area contributed by atoms with E-state index in [1.165, 1.54) is 4.90 Å². The number of carbonyl (C=O) groups excluding carboxylic acids is 4. The van der Waals surface area contributed by atoms with Crippen molar-refractivity contribution < 1.29 is 24.0 Å². The highest BCUT2D eigenvalue weighted by atomic mass is 16.7. The highest BCUT2D eigenvalue weighted by Crippen LogP contribution is 2.29. The molecule has 2 aliphatic rings. The summed E-state index contributed by atoms with van der Waals surface area (Å²) in [5.74, 6) is -1.50. The van der Waals surface area contributed by atoms with E-state index in [1.807, 2.05) is 12.1 Å². The summed E-state index contributed by atoms with van der Waals surface area (Å²) in [7, 11) is 0. The van der Waals surface area contributed by atoms with Crippen molar-refractivity contribution in [2.24, 2.45) is 0 Å². The van der Waals surface area contributed by atoms with E-state index < -0.39 is 17.9 Å². The fourth-order valence-electron chi connectivity index (χ4n) is 3.48. The first kappa shape index (κ1) is 19.0. The van der Waals surface area contributed by atoms with Crippen LogP contribution >= 0.6 is 0 Å². The second kappa shape index (κ2) is 8.30. The van der Waals surface area contributed by atoms with Crippen LogP contribution in [0.1, 0.15) is 54.1 Å². The number of piperidine rings is 1. The average molecular weight is 373 g/mol. The molecule has 0 radical (unpaired) electrons. The number of amides is 3. The third-order valence-corrected chi connectivity index (χ3v) is 4.91. The van der Waals surface area contributed by atoms with E-state index in [-0.39, 0.29) is 25.2 Å². The van der Waals surface area contributed by atoms with Crippen molar-refractivity contribution in [3.05, 3.63) is 34.9 Å². The molecule has 1 aromatic carbocycles. The second-order valence-corrected chi connectivity index (χ2v) is 6.74. The molecule has 3 amide bonds. The van der Waals surface area contributed by atoms with Crippen LogP contribution in [0.2, 0.25) is 0 Å². The van der Waals surface area contributed by atoms with Crippen molar-refractivity contribution in [2.45, 2.75) is 51.7 Å². The number of hydrogen-bond donors (Lipinski definition) is 1. The summed E-state index contributed by atoms with van der Waals surface area (Å²) >= 11 is 0. The Balaban J connectivity index is 1.71. The molecule has 8 nitrogen and oxygen atoms in total. The molecule has 0 spiro atoms. The first-order valence-corrected chi connectivity index (χ1v) is 9.17. The predicted molar refractivity (Wildman–Crippen MR) is 95.0 cm³/mol. The van der Waals surface area contributed by atoms with Crippen LogP contribution in [0.3, 0.4) is 0 Å². The first-order valence-electron chi connectivity index (χ1n) is 9.17. The Bertz CT molecular complexity index is 764. The lowest BCUT2D eigenvalue weighted by Crippen LogP contribution is -2.54. The molecule has 3 rings (SSSR count). The van der Waals surface area contributed by atoms with Gasteiger partial charge in [-0.15, -0.1) is 5.06 Å². The van der Waals surface area contributed by atoms with Gasteiger partial charge in [0, 0.05) is 25.1 Å². The minimum absolute atomic E-state index is 0.0382. The molecule has 1 unspecified atom stereocenters. The van der Waals surface area contributed by atoms with Crippen molar-refractivity contribution in [2.75, 3.05) is 6.54 Å². The Labute approximate surface area is 157 Å². The minimum atomic E-state index is -0.811. The lowest BCUT2D eigenvalue weighted by Gasteiger charge is -2.33. The molecule has 0 aromatic heterocycles. The molecule has 8 heteroatoms. The van der Waals surface area contributed by atoms with Gasteiger partial charge in [0.15, 0.2) is 0 Å². The van der Waals surface area contributed by atoms with Crippen LogP contribution < -0.4 is 5.32 Å². The number of nitrogens with one attached hydrogen (secondary N) is 1. The average Bonchev–Trinajstić information content (AvgIpc) is 2.98. The van der Waals surface area contributed by atoms with Crippen LogP contribution in [0.5, 0.6) is 0 Å². The SMILES string of the molecule is CCCCNCc1ccc2c(c1)CN(C1CCC(=O)N(OC=O)C1=O)C2=O. The predicted octanol–water partition coefficient (Wildman–Crippen LogP) is 1.14.